The Labute approximate surface area is 89.7 Å². The van der Waals surface area contributed by atoms with Crippen molar-refractivity contribution in [1.82, 2.24) is 9.97 Å². The first kappa shape index (κ1) is 11.9. The maximum absolute atomic E-state index is 11.3. The number of hydrogen-bond acceptors (Lipinski definition) is 3. The highest BCUT2D eigenvalue weighted by Gasteiger charge is 2.00. The van der Waals surface area contributed by atoms with Gasteiger partial charge < -0.3 is 9.72 Å². The summed E-state index contributed by atoms with van der Waals surface area (Å²) in [6.07, 6.45) is 3.52. The summed E-state index contributed by atoms with van der Waals surface area (Å²) in [6.45, 7) is 2.77. The van der Waals surface area contributed by atoms with E-state index in [0.29, 0.717) is 6.61 Å². The van der Waals surface area contributed by atoms with Crippen molar-refractivity contribution in [3.05, 3.63) is 27.9 Å². The highest BCUT2D eigenvalue weighted by Crippen LogP contribution is 1.99. The lowest BCUT2D eigenvalue weighted by Crippen LogP contribution is -2.13. The normalized spacial score (nSPS) is 10.5. The van der Waals surface area contributed by atoms with Crippen LogP contribution < -0.4 is 5.56 Å². The molecule has 1 heterocycles. The predicted octanol–water partition coefficient (Wildman–Crippen LogP) is 1.30. The van der Waals surface area contributed by atoms with E-state index < -0.39 is 0 Å². The molecule has 0 unspecified atom stereocenters. The second kappa shape index (κ2) is 6.35. The number of H-pyrrole nitrogens is 1. The lowest BCUT2D eigenvalue weighted by Gasteiger charge is -2.02. The average Bonchev–Trinajstić information content (AvgIpc) is 2.18. The number of aromatic nitrogens is 2. The fourth-order valence-corrected chi connectivity index (χ4v) is 1.45. The zero-order chi connectivity index (χ0) is 11.1. The Hall–Kier alpha value is -1.16. The quantitative estimate of drug-likeness (QED) is 0.720. The lowest BCUT2D eigenvalue weighted by molar-refractivity contribution is 0.194. The van der Waals surface area contributed by atoms with Crippen molar-refractivity contribution in [2.45, 2.75) is 32.6 Å². The molecule has 0 aliphatic heterocycles. The Bertz CT molecular complexity index is 347. The van der Waals surface area contributed by atoms with Crippen molar-refractivity contribution in [2.24, 2.45) is 0 Å². The third-order valence-electron chi connectivity index (χ3n) is 2.11. The largest absolute Gasteiger partial charge is 0.385 e. The minimum absolute atomic E-state index is 0.0548. The van der Waals surface area contributed by atoms with Gasteiger partial charge in [-0.05, 0) is 12.8 Å². The van der Waals surface area contributed by atoms with Gasteiger partial charge in [0.1, 0.15) is 5.82 Å². The van der Waals surface area contributed by atoms with Crippen LogP contribution in [0.2, 0.25) is 0 Å². The van der Waals surface area contributed by atoms with E-state index in [2.05, 4.69) is 16.9 Å². The molecule has 0 bridgehead atoms. The SMILES string of the molecule is CCCc1cc(=O)[nH]c(CCCOC)n1. The van der Waals surface area contributed by atoms with E-state index in [1.807, 2.05) is 0 Å². The highest BCUT2D eigenvalue weighted by molar-refractivity contribution is 5.03. The van der Waals surface area contributed by atoms with E-state index in [0.717, 1.165) is 37.2 Å². The first-order valence-corrected chi connectivity index (χ1v) is 5.34. The molecule has 0 atom stereocenters. The van der Waals surface area contributed by atoms with Gasteiger partial charge in [0, 0.05) is 31.9 Å². The zero-order valence-electron chi connectivity index (χ0n) is 9.38. The number of aromatic amines is 1. The molecule has 1 N–H and O–H groups in total. The van der Waals surface area contributed by atoms with Crippen molar-refractivity contribution in [2.75, 3.05) is 13.7 Å². The minimum Gasteiger partial charge on any atom is -0.385 e. The van der Waals surface area contributed by atoms with E-state index in [1.54, 1.807) is 13.2 Å². The van der Waals surface area contributed by atoms with E-state index >= 15 is 0 Å². The number of aryl methyl sites for hydroxylation is 2. The fraction of sp³-hybridized carbons (Fsp3) is 0.636. The Morgan fingerprint density at radius 2 is 2.27 bits per heavy atom. The molecule has 15 heavy (non-hydrogen) atoms. The number of nitrogens with zero attached hydrogens (tertiary/aromatic N) is 1. The summed E-state index contributed by atoms with van der Waals surface area (Å²) in [7, 11) is 1.67. The van der Waals surface area contributed by atoms with Crippen LogP contribution >= 0.6 is 0 Å². The summed E-state index contributed by atoms with van der Waals surface area (Å²) in [5.74, 6) is 0.767. The molecule has 0 fully saturated rings. The van der Waals surface area contributed by atoms with Gasteiger partial charge in [-0.15, -0.1) is 0 Å². The van der Waals surface area contributed by atoms with Crippen molar-refractivity contribution in [3.63, 3.8) is 0 Å². The summed E-state index contributed by atoms with van der Waals surface area (Å²) in [5.41, 5.74) is 0.828. The van der Waals surface area contributed by atoms with Crippen LogP contribution in [0.25, 0.3) is 0 Å². The van der Waals surface area contributed by atoms with Crippen LogP contribution in [0.4, 0.5) is 0 Å². The van der Waals surface area contributed by atoms with Crippen LogP contribution in [-0.2, 0) is 17.6 Å². The lowest BCUT2D eigenvalue weighted by atomic mass is 10.2. The number of nitrogens with one attached hydrogen (secondary N) is 1. The van der Waals surface area contributed by atoms with Gasteiger partial charge in [-0.3, -0.25) is 4.79 Å². The van der Waals surface area contributed by atoms with Crippen molar-refractivity contribution < 1.29 is 4.74 Å². The number of hydrogen-bond donors (Lipinski definition) is 1. The molecule has 4 nitrogen and oxygen atoms in total. The van der Waals surface area contributed by atoms with Crippen LogP contribution in [0, 0.1) is 0 Å². The second-order valence-corrected chi connectivity index (χ2v) is 3.53. The van der Waals surface area contributed by atoms with Crippen LogP contribution in [0.5, 0.6) is 0 Å². The topological polar surface area (TPSA) is 55.0 Å². The van der Waals surface area contributed by atoms with E-state index in [4.69, 9.17) is 4.74 Å². The maximum Gasteiger partial charge on any atom is 0.251 e. The smallest absolute Gasteiger partial charge is 0.251 e. The molecular weight excluding hydrogens is 192 g/mol. The first-order valence-electron chi connectivity index (χ1n) is 5.34. The van der Waals surface area contributed by atoms with E-state index in [9.17, 15) is 4.79 Å². The van der Waals surface area contributed by atoms with Gasteiger partial charge in [0.05, 0.1) is 0 Å². The summed E-state index contributed by atoms with van der Waals surface area (Å²) >= 11 is 0. The van der Waals surface area contributed by atoms with Crippen LogP contribution in [0.3, 0.4) is 0 Å². The van der Waals surface area contributed by atoms with Crippen molar-refractivity contribution in [3.8, 4) is 0 Å². The van der Waals surface area contributed by atoms with Gasteiger partial charge in [0.25, 0.3) is 5.56 Å². The Morgan fingerprint density at radius 1 is 1.47 bits per heavy atom. The standard InChI is InChI=1S/C11H18N2O2/c1-3-5-9-8-11(14)13-10(12-9)6-4-7-15-2/h8H,3-7H2,1-2H3,(H,12,13,14). The van der Waals surface area contributed by atoms with E-state index in [-0.39, 0.29) is 5.56 Å². The van der Waals surface area contributed by atoms with Gasteiger partial charge in [-0.2, -0.15) is 0 Å². The van der Waals surface area contributed by atoms with Crippen LogP contribution in [0.1, 0.15) is 31.3 Å². The summed E-state index contributed by atoms with van der Waals surface area (Å²) < 4.78 is 4.95. The fourth-order valence-electron chi connectivity index (χ4n) is 1.45. The van der Waals surface area contributed by atoms with Gasteiger partial charge >= 0.3 is 0 Å². The molecule has 0 spiro atoms. The third-order valence-corrected chi connectivity index (χ3v) is 2.11. The van der Waals surface area contributed by atoms with Gasteiger partial charge in [-0.25, -0.2) is 4.98 Å². The zero-order valence-corrected chi connectivity index (χ0v) is 9.38. The predicted molar refractivity (Wildman–Crippen MR) is 59.0 cm³/mol. The molecule has 1 aromatic heterocycles. The molecule has 1 aromatic rings. The summed E-state index contributed by atoms with van der Waals surface area (Å²) in [6, 6.07) is 1.57. The van der Waals surface area contributed by atoms with Crippen LogP contribution in [0.15, 0.2) is 10.9 Å². The Kier molecular flexibility index (Phi) is 5.04. The molecule has 4 heteroatoms. The first-order chi connectivity index (χ1) is 7.26. The molecule has 0 saturated carbocycles. The number of methoxy groups -OCH3 is 1. The summed E-state index contributed by atoms with van der Waals surface area (Å²) in [5, 5.41) is 0. The molecular formula is C11H18N2O2. The second-order valence-electron chi connectivity index (χ2n) is 3.53. The monoisotopic (exact) mass is 210 g/mol. The number of rotatable bonds is 6. The highest BCUT2D eigenvalue weighted by atomic mass is 16.5. The van der Waals surface area contributed by atoms with Crippen LogP contribution in [-0.4, -0.2) is 23.7 Å². The molecule has 0 aliphatic carbocycles. The molecule has 0 aliphatic rings. The van der Waals surface area contributed by atoms with Gasteiger partial charge in [0.2, 0.25) is 0 Å². The Morgan fingerprint density at radius 3 is 2.93 bits per heavy atom. The molecule has 0 saturated heterocycles. The van der Waals surface area contributed by atoms with Crippen molar-refractivity contribution in [1.29, 1.82) is 0 Å². The average molecular weight is 210 g/mol. The van der Waals surface area contributed by atoms with Crippen molar-refractivity contribution >= 4 is 0 Å². The summed E-state index contributed by atoms with van der Waals surface area (Å²) in [4.78, 5) is 18.4. The molecule has 84 valence electrons. The van der Waals surface area contributed by atoms with Gasteiger partial charge in [-0.1, -0.05) is 13.3 Å². The maximum atomic E-state index is 11.3. The van der Waals surface area contributed by atoms with E-state index in [1.165, 1.54) is 0 Å². The molecule has 0 aromatic carbocycles. The van der Waals surface area contributed by atoms with Gasteiger partial charge in [0.15, 0.2) is 0 Å². The molecule has 0 radical (unpaired) electrons. The third kappa shape index (κ3) is 4.25. The number of ether oxygens (including phenoxy) is 1. The minimum atomic E-state index is -0.0548. The molecule has 1 rings (SSSR count). The Balaban J connectivity index is 2.66. The molecule has 0 amide bonds.